The van der Waals surface area contributed by atoms with E-state index in [1.54, 1.807) is 6.07 Å². The number of hydrogen-bond acceptors (Lipinski definition) is 4. The standard InChI is InChI=1S/C22H28N6O2/c1-5-16-13-19(29)26-20(24-16)28-18(14-17(27-28)22(2,3)4)25-21(30)23-12-11-15-9-7-6-8-10-15/h6-10,13-14H,5,11-12H2,1-4H3,(H2,23,25,30)(H,24,26,29). The van der Waals surface area contributed by atoms with Crippen LogP contribution in [0.1, 0.15) is 44.6 Å². The zero-order chi connectivity index (χ0) is 21.7. The maximum atomic E-state index is 12.5. The van der Waals surface area contributed by atoms with E-state index in [4.69, 9.17) is 0 Å². The molecule has 3 aromatic rings. The van der Waals surface area contributed by atoms with Gasteiger partial charge in [-0.2, -0.15) is 9.78 Å². The normalized spacial score (nSPS) is 11.3. The molecule has 0 aliphatic heterocycles. The number of H-pyrrole nitrogens is 1. The number of nitrogens with one attached hydrogen (secondary N) is 3. The van der Waals surface area contributed by atoms with Crippen LogP contribution in [0.2, 0.25) is 0 Å². The second-order valence-electron chi connectivity index (χ2n) is 8.11. The summed E-state index contributed by atoms with van der Waals surface area (Å²) < 4.78 is 1.47. The molecule has 3 N–H and O–H groups in total. The van der Waals surface area contributed by atoms with E-state index in [-0.39, 0.29) is 23.0 Å². The number of aromatic nitrogens is 4. The van der Waals surface area contributed by atoms with E-state index in [0.29, 0.717) is 24.5 Å². The number of carbonyl (C=O) groups is 1. The number of nitrogens with zero attached hydrogens (tertiary/aromatic N) is 3. The molecule has 0 aliphatic rings. The number of amides is 2. The van der Waals surface area contributed by atoms with Gasteiger partial charge >= 0.3 is 6.03 Å². The van der Waals surface area contributed by atoms with Gasteiger partial charge in [0.05, 0.1) is 5.69 Å². The highest BCUT2D eigenvalue weighted by atomic mass is 16.2. The molecule has 30 heavy (non-hydrogen) atoms. The molecule has 0 atom stereocenters. The van der Waals surface area contributed by atoms with Crippen LogP contribution >= 0.6 is 0 Å². The van der Waals surface area contributed by atoms with Crippen LogP contribution < -0.4 is 16.2 Å². The lowest BCUT2D eigenvalue weighted by atomic mass is 9.92. The fourth-order valence-corrected chi connectivity index (χ4v) is 2.90. The van der Waals surface area contributed by atoms with Crippen LogP contribution in [0.15, 0.2) is 47.3 Å². The average molecular weight is 409 g/mol. The molecular weight excluding hydrogens is 380 g/mol. The van der Waals surface area contributed by atoms with E-state index in [0.717, 1.165) is 17.7 Å². The first-order valence-electron chi connectivity index (χ1n) is 10.1. The van der Waals surface area contributed by atoms with Crippen LogP contribution in [0.5, 0.6) is 0 Å². The summed E-state index contributed by atoms with van der Waals surface area (Å²) in [7, 11) is 0. The SMILES string of the molecule is CCc1cc(=O)[nH]c(-n2nc(C(C)(C)C)cc2NC(=O)NCCc2ccccc2)n1. The van der Waals surface area contributed by atoms with Gasteiger partial charge in [-0.1, -0.05) is 58.0 Å². The predicted octanol–water partition coefficient (Wildman–Crippen LogP) is 3.18. The lowest BCUT2D eigenvalue weighted by Crippen LogP contribution is -2.31. The van der Waals surface area contributed by atoms with Crippen LogP contribution in [0.3, 0.4) is 0 Å². The molecule has 8 heteroatoms. The van der Waals surface area contributed by atoms with E-state index < -0.39 is 0 Å². The third-order valence-electron chi connectivity index (χ3n) is 4.61. The monoisotopic (exact) mass is 408 g/mol. The second-order valence-corrected chi connectivity index (χ2v) is 8.11. The van der Waals surface area contributed by atoms with Crippen molar-refractivity contribution in [2.24, 2.45) is 0 Å². The van der Waals surface area contributed by atoms with E-state index in [1.165, 1.54) is 10.7 Å². The highest BCUT2D eigenvalue weighted by Crippen LogP contribution is 2.25. The smallest absolute Gasteiger partial charge is 0.320 e. The zero-order valence-corrected chi connectivity index (χ0v) is 17.8. The predicted molar refractivity (Wildman–Crippen MR) is 117 cm³/mol. The van der Waals surface area contributed by atoms with Gasteiger partial charge in [-0.15, -0.1) is 0 Å². The molecule has 0 fully saturated rings. The molecule has 2 aromatic heterocycles. The minimum atomic E-state index is -0.346. The Balaban J connectivity index is 1.81. The van der Waals surface area contributed by atoms with Gasteiger partial charge in [0.1, 0.15) is 5.82 Å². The van der Waals surface area contributed by atoms with E-state index in [9.17, 15) is 9.59 Å². The van der Waals surface area contributed by atoms with Crippen LogP contribution in [-0.4, -0.2) is 32.3 Å². The summed E-state index contributed by atoms with van der Waals surface area (Å²) >= 11 is 0. The minimum absolute atomic E-state index is 0.242. The third-order valence-corrected chi connectivity index (χ3v) is 4.61. The van der Waals surface area contributed by atoms with Crippen molar-refractivity contribution in [2.45, 2.75) is 46.0 Å². The molecule has 0 saturated carbocycles. The first-order chi connectivity index (χ1) is 14.3. The highest BCUT2D eigenvalue weighted by molar-refractivity contribution is 5.88. The maximum Gasteiger partial charge on any atom is 0.320 e. The Morgan fingerprint density at radius 1 is 1.17 bits per heavy atom. The maximum absolute atomic E-state index is 12.5. The van der Waals surface area contributed by atoms with Gasteiger partial charge in [0.15, 0.2) is 0 Å². The highest BCUT2D eigenvalue weighted by Gasteiger charge is 2.22. The van der Waals surface area contributed by atoms with E-state index in [2.05, 4.69) is 25.7 Å². The average Bonchev–Trinajstić information content (AvgIpc) is 3.12. The molecule has 0 bridgehead atoms. The molecule has 0 unspecified atom stereocenters. The number of benzene rings is 1. The van der Waals surface area contributed by atoms with Gasteiger partial charge in [0, 0.05) is 29.8 Å². The number of hydrogen-bond donors (Lipinski definition) is 3. The van der Waals surface area contributed by atoms with Crippen molar-refractivity contribution >= 4 is 11.8 Å². The van der Waals surface area contributed by atoms with Crippen molar-refractivity contribution in [1.82, 2.24) is 25.1 Å². The molecule has 3 rings (SSSR count). The second kappa shape index (κ2) is 8.94. The topological polar surface area (TPSA) is 105 Å². The van der Waals surface area contributed by atoms with Gasteiger partial charge in [0.25, 0.3) is 5.56 Å². The van der Waals surface area contributed by atoms with E-state index >= 15 is 0 Å². The van der Waals surface area contributed by atoms with Crippen molar-refractivity contribution in [2.75, 3.05) is 11.9 Å². The van der Waals surface area contributed by atoms with E-state index in [1.807, 2.05) is 58.0 Å². The quantitative estimate of drug-likeness (QED) is 0.582. The fraction of sp³-hybridized carbons (Fsp3) is 0.364. The van der Waals surface area contributed by atoms with Crippen molar-refractivity contribution in [3.63, 3.8) is 0 Å². The molecule has 8 nitrogen and oxygen atoms in total. The first-order valence-corrected chi connectivity index (χ1v) is 10.1. The summed E-state index contributed by atoms with van der Waals surface area (Å²) in [5.74, 6) is 0.711. The molecule has 158 valence electrons. The minimum Gasteiger partial charge on any atom is -0.337 e. The van der Waals surface area contributed by atoms with Gasteiger partial charge in [-0.25, -0.2) is 9.78 Å². The van der Waals surface area contributed by atoms with Crippen molar-refractivity contribution in [1.29, 1.82) is 0 Å². The Morgan fingerprint density at radius 3 is 2.57 bits per heavy atom. The molecule has 0 aliphatic carbocycles. The molecule has 0 saturated heterocycles. The summed E-state index contributed by atoms with van der Waals surface area (Å²) in [5.41, 5.74) is 2.07. The van der Waals surface area contributed by atoms with Crippen molar-refractivity contribution in [3.8, 4) is 5.95 Å². The number of urea groups is 1. The van der Waals surface area contributed by atoms with Gasteiger partial charge in [-0.05, 0) is 18.4 Å². The molecular formula is C22H28N6O2. The van der Waals surface area contributed by atoms with Crippen molar-refractivity contribution in [3.05, 3.63) is 69.8 Å². The number of rotatable bonds is 6. The first kappa shape index (κ1) is 21.3. The Labute approximate surface area is 175 Å². The van der Waals surface area contributed by atoms with Crippen LogP contribution in [0.25, 0.3) is 5.95 Å². The summed E-state index contributed by atoms with van der Waals surface area (Å²) in [5, 5.41) is 10.3. The van der Waals surface area contributed by atoms with Crippen LogP contribution in [0.4, 0.5) is 10.6 Å². The lowest BCUT2D eigenvalue weighted by molar-refractivity contribution is 0.252. The largest absolute Gasteiger partial charge is 0.337 e. The molecule has 0 spiro atoms. The van der Waals surface area contributed by atoms with Gasteiger partial charge < -0.3 is 5.32 Å². The van der Waals surface area contributed by atoms with Crippen LogP contribution in [-0.2, 0) is 18.3 Å². The van der Waals surface area contributed by atoms with Gasteiger partial charge in [0.2, 0.25) is 5.95 Å². The molecule has 1 aromatic carbocycles. The molecule has 2 amide bonds. The summed E-state index contributed by atoms with van der Waals surface area (Å²) in [6.45, 7) is 8.51. The number of aromatic amines is 1. The van der Waals surface area contributed by atoms with Crippen LogP contribution in [0, 0.1) is 0 Å². The third kappa shape index (κ3) is 5.34. The number of anilines is 1. The fourth-order valence-electron chi connectivity index (χ4n) is 2.90. The zero-order valence-electron chi connectivity index (χ0n) is 17.8. The summed E-state index contributed by atoms with van der Waals surface area (Å²) in [4.78, 5) is 31.7. The Hall–Kier alpha value is -3.42. The summed E-state index contributed by atoms with van der Waals surface area (Å²) in [6.07, 6.45) is 1.35. The Morgan fingerprint density at radius 2 is 1.90 bits per heavy atom. The number of carbonyl (C=O) groups excluding carboxylic acids is 1. The van der Waals surface area contributed by atoms with Gasteiger partial charge in [-0.3, -0.25) is 15.1 Å². The summed E-state index contributed by atoms with van der Waals surface area (Å²) in [6, 6.07) is 12.9. The Kier molecular flexibility index (Phi) is 6.34. The molecule has 2 heterocycles. The molecule has 0 radical (unpaired) electrons. The number of aryl methyl sites for hydroxylation is 1. The van der Waals surface area contributed by atoms with Crippen molar-refractivity contribution < 1.29 is 4.79 Å². The Bertz CT molecular complexity index is 1060. The lowest BCUT2D eigenvalue weighted by Gasteiger charge is -2.13.